The number of carbonyl (C=O) groups is 1. The molecule has 0 unspecified atom stereocenters. The van der Waals surface area contributed by atoms with Gasteiger partial charge in [0.05, 0.1) is 12.6 Å². The van der Waals surface area contributed by atoms with Crippen molar-refractivity contribution in [2.75, 3.05) is 0 Å². The normalized spacial score (nSPS) is 11.2. The summed E-state index contributed by atoms with van der Waals surface area (Å²) in [5.41, 5.74) is 10.1. The monoisotopic (exact) mass is 393 g/mol. The molecule has 0 aliphatic rings. The smallest absolute Gasteiger partial charge is 0.244 e. The van der Waals surface area contributed by atoms with E-state index >= 15 is 0 Å². The lowest BCUT2D eigenvalue weighted by Crippen LogP contribution is -2.19. The van der Waals surface area contributed by atoms with Crippen LogP contribution in [0, 0.1) is 27.7 Å². The molecular weight excluding hydrogens is 370 g/mol. The molecule has 1 aromatic heterocycles. The SMILES string of the molecule is Cc1ccc(CC(=O)N/N=C\c2cc(C)n(-c3ccc(Cl)cc3)c2C)cc1C. The second-order valence-corrected chi connectivity index (χ2v) is 7.46. The Morgan fingerprint density at radius 1 is 1.04 bits per heavy atom. The minimum absolute atomic E-state index is 0.133. The molecule has 3 rings (SSSR count). The highest BCUT2D eigenvalue weighted by Gasteiger charge is 2.10. The number of halogens is 1. The van der Waals surface area contributed by atoms with Crippen molar-refractivity contribution in [2.45, 2.75) is 34.1 Å². The molecule has 0 atom stereocenters. The number of aromatic nitrogens is 1. The predicted octanol–water partition coefficient (Wildman–Crippen LogP) is 5.06. The third-order valence-corrected chi connectivity index (χ3v) is 5.14. The highest BCUT2D eigenvalue weighted by Crippen LogP contribution is 2.21. The molecule has 1 heterocycles. The molecule has 1 amide bonds. The van der Waals surface area contributed by atoms with E-state index < -0.39 is 0 Å². The number of carbonyl (C=O) groups excluding carboxylic acids is 1. The summed E-state index contributed by atoms with van der Waals surface area (Å²) in [7, 11) is 0. The summed E-state index contributed by atoms with van der Waals surface area (Å²) in [6.07, 6.45) is 2.00. The molecule has 5 heteroatoms. The van der Waals surface area contributed by atoms with Gasteiger partial charge in [0.1, 0.15) is 0 Å². The van der Waals surface area contributed by atoms with E-state index in [0.717, 1.165) is 28.2 Å². The van der Waals surface area contributed by atoms with Gasteiger partial charge in [0, 0.05) is 27.7 Å². The zero-order valence-corrected chi connectivity index (χ0v) is 17.3. The molecule has 0 saturated heterocycles. The second kappa shape index (κ2) is 8.44. The second-order valence-electron chi connectivity index (χ2n) is 7.03. The van der Waals surface area contributed by atoms with Gasteiger partial charge in [0.25, 0.3) is 0 Å². The van der Waals surface area contributed by atoms with Crippen LogP contribution < -0.4 is 5.43 Å². The van der Waals surface area contributed by atoms with Gasteiger partial charge in [-0.3, -0.25) is 4.79 Å². The maximum atomic E-state index is 12.2. The molecule has 0 fully saturated rings. The lowest BCUT2D eigenvalue weighted by Gasteiger charge is -2.09. The van der Waals surface area contributed by atoms with Crippen LogP contribution in [0.3, 0.4) is 0 Å². The van der Waals surface area contributed by atoms with Crippen molar-refractivity contribution < 1.29 is 4.79 Å². The Morgan fingerprint density at radius 3 is 2.43 bits per heavy atom. The first-order valence-electron chi connectivity index (χ1n) is 9.18. The predicted molar refractivity (Wildman–Crippen MR) is 116 cm³/mol. The van der Waals surface area contributed by atoms with Crippen molar-refractivity contribution in [2.24, 2.45) is 5.10 Å². The summed E-state index contributed by atoms with van der Waals surface area (Å²) in [5.74, 6) is -0.133. The Kier molecular flexibility index (Phi) is 6.00. The van der Waals surface area contributed by atoms with Gasteiger partial charge in [-0.2, -0.15) is 5.10 Å². The Bertz CT molecular complexity index is 1030. The van der Waals surface area contributed by atoms with Crippen LogP contribution in [0.15, 0.2) is 53.6 Å². The first-order valence-corrected chi connectivity index (χ1v) is 9.56. The summed E-state index contributed by atoms with van der Waals surface area (Å²) in [4.78, 5) is 12.2. The number of nitrogens with one attached hydrogen (secondary N) is 1. The fourth-order valence-corrected chi connectivity index (χ4v) is 3.34. The first kappa shape index (κ1) is 19.9. The number of hydrogen-bond donors (Lipinski definition) is 1. The van der Waals surface area contributed by atoms with Gasteiger partial charge in [-0.15, -0.1) is 0 Å². The highest BCUT2D eigenvalue weighted by molar-refractivity contribution is 6.30. The lowest BCUT2D eigenvalue weighted by atomic mass is 10.0. The first-order chi connectivity index (χ1) is 13.3. The van der Waals surface area contributed by atoms with E-state index in [1.54, 1.807) is 6.21 Å². The Labute approximate surface area is 170 Å². The number of nitrogens with zero attached hydrogens (tertiary/aromatic N) is 2. The van der Waals surface area contributed by atoms with Crippen LogP contribution in [0.1, 0.15) is 33.6 Å². The van der Waals surface area contributed by atoms with Crippen molar-refractivity contribution in [1.29, 1.82) is 0 Å². The maximum absolute atomic E-state index is 12.2. The molecular formula is C23H24ClN3O. The van der Waals surface area contributed by atoms with Crippen LogP contribution in [-0.2, 0) is 11.2 Å². The number of aryl methyl sites for hydroxylation is 3. The number of hydrazone groups is 1. The van der Waals surface area contributed by atoms with Gasteiger partial charge in [-0.1, -0.05) is 29.8 Å². The van der Waals surface area contributed by atoms with Crippen molar-refractivity contribution in [3.63, 3.8) is 0 Å². The number of benzene rings is 2. The average molecular weight is 394 g/mol. The van der Waals surface area contributed by atoms with Gasteiger partial charge in [0.15, 0.2) is 0 Å². The Balaban J connectivity index is 1.69. The highest BCUT2D eigenvalue weighted by atomic mass is 35.5. The number of rotatable bonds is 5. The van der Waals surface area contributed by atoms with Crippen LogP contribution in [0.5, 0.6) is 0 Å². The molecule has 0 aliphatic carbocycles. The van der Waals surface area contributed by atoms with E-state index in [2.05, 4.69) is 22.0 Å². The minimum atomic E-state index is -0.133. The fourth-order valence-electron chi connectivity index (χ4n) is 3.22. The van der Waals surface area contributed by atoms with Crippen LogP contribution in [0.25, 0.3) is 5.69 Å². The van der Waals surface area contributed by atoms with Gasteiger partial charge in [-0.25, -0.2) is 5.43 Å². The molecule has 0 spiro atoms. The molecule has 3 aromatic rings. The van der Waals surface area contributed by atoms with E-state index in [1.807, 2.05) is 69.3 Å². The Morgan fingerprint density at radius 2 is 1.75 bits per heavy atom. The summed E-state index contributed by atoms with van der Waals surface area (Å²) >= 11 is 5.99. The van der Waals surface area contributed by atoms with Crippen LogP contribution in [0.4, 0.5) is 0 Å². The molecule has 0 bridgehead atoms. The maximum Gasteiger partial charge on any atom is 0.244 e. The van der Waals surface area contributed by atoms with Gasteiger partial charge < -0.3 is 4.57 Å². The van der Waals surface area contributed by atoms with Crippen LogP contribution >= 0.6 is 11.6 Å². The van der Waals surface area contributed by atoms with Crippen LogP contribution in [-0.4, -0.2) is 16.7 Å². The largest absolute Gasteiger partial charge is 0.318 e. The number of amides is 1. The molecule has 4 nitrogen and oxygen atoms in total. The summed E-state index contributed by atoms with van der Waals surface area (Å²) in [6, 6.07) is 15.8. The third-order valence-electron chi connectivity index (χ3n) is 4.88. The molecule has 0 saturated carbocycles. The lowest BCUT2D eigenvalue weighted by molar-refractivity contribution is -0.120. The van der Waals surface area contributed by atoms with Gasteiger partial charge in [0.2, 0.25) is 5.91 Å². The van der Waals surface area contributed by atoms with Crippen molar-refractivity contribution in [1.82, 2.24) is 9.99 Å². The minimum Gasteiger partial charge on any atom is -0.318 e. The molecule has 1 N–H and O–H groups in total. The number of hydrogen-bond acceptors (Lipinski definition) is 2. The Hall–Kier alpha value is -2.85. The third kappa shape index (κ3) is 4.52. The van der Waals surface area contributed by atoms with E-state index in [1.165, 1.54) is 11.1 Å². The zero-order chi connectivity index (χ0) is 20.3. The molecule has 2 aromatic carbocycles. The van der Waals surface area contributed by atoms with E-state index in [0.29, 0.717) is 11.4 Å². The van der Waals surface area contributed by atoms with Crippen molar-refractivity contribution >= 4 is 23.7 Å². The molecule has 0 radical (unpaired) electrons. The molecule has 144 valence electrons. The topological polar surface area (TPSA) is 46.4 Å². The van der Waals surface area contributed by atoms with Gasteiger partial charge in [-0.05, 0) is 74.7 Å². The summed E-state index contributed by atoms with van der Waals surface area (Å²) in [5, 5.41) is 4.85. The molecule has 28 heavy (non-hydrogen) atoms. The quantitative estimate of drug-likeness (QED) is 0.478. The summed E-state index contributed by atoms with van der Waals surface area (Å²) in [6.45, 7) is 8.17. The van der Waals surface area contributed by atoms with Crippen LogP contribution in [0.2, 0.25) is 5.02 Å². The van der Waals surface area contributed by atoms with E-state index in [9.17, 15) is 4.79 Å². The van der Waals surface area contributed by atoms with Crippen molar-refractivity contribution in [3.05, 3.63) is 87.2 Å². The van der Waals surface area contributed by atoms with Crippen molar-refractivity contribution in [3.8, 4) is 5.69 Å². The molecule has 0 aliphatic heterocycles. The fraction of sp³-hybridized carbons (Fsp3) is 0.217. The van der Waals surface area contributed by atoms with E-state index in [-0.39, 0.29) is 5.91 Å². The standard InChI is InChI=1S/C23H24ClN3O/c1-15-5-6-19(11-16(15)2)13-23(28)26-25-14-20-12-17(3)27(18(20)4)22-9-7-21(24)8-10-22/h5-12,14H,13H2,1-4H3,(H,26,28)/b25-14-. The average Bonchev–Trinajstić information content (AvgIpc) is 2.93. The summed E-state index contributed by atoms with van der Waals surface area (Å²) < 4.78 is 2.13. The van der Waals surface area contributed by atoms with Gasteiger partial charge >= 0.3 is 0 Å². The zero-order valence-electron chi connectivity index (χ0n) is 16.6. The van der Waals surface area contributed by atoms with E-state index in [4.69, 9.17) is 11.6 Å².